The van der Waals surface area contributed by atoms with Crippen molar-refractivity contribution >= 4 is 20.0 Å². The van der Waals surface area contributed by atoms with Crippen molar-refractivity contribution in [2.75, 3.05) is 19.4 Å². The highest BCUT2D eigenvalue weighted by Crippen LogP contribution is 2.17. The van der Waals surface area contributed by atoms with Crippen molar-refractivity contribution in [3.05, 3.63) is 102 Å². The van der Waals surface area contributed by atoms with Crippen molar-refractivity contribution in [2.24, 2.45) is 0 Å². The molecule has 0 saturated heterocycles. The normalized spacial score (nSPS) is 14.1. The lowest BCUT2D eigenvalue weighted by Gasteiger charge is -2.32. The van der Waals surface area contributed by atoms with Crippen LogP contribution < -0.4 is 4.72 Å². The topological polar surface area (TPSA) is 104 Å². The van der Waals surface area contributed by atoms with E-state index >= 15 is 0 Å². The number of nitrogens with one attached hydrogen (secondary N) is 1. The molecule has 0 aliphatic heterocycles. The molecule has 0 saturated carbocycles. The largest absolute Gasteiger partial charge is 0.395 e. The number of rotatable bonds is 12. The van der Waals surface area contributed by atoms with Gasteiger partial charge in [0.15, 0.2) is 0 Å². The molecule has 0 aliphatic rings. The van der Waals surface area contributed by atoms with Crippen molar-refractivity contribution in [3.8, 4) is 0 Å². The minimum absolute atomic E-state index is 0.107. The van der Waals surface area contributed by atoms with Crippen LogP contribution in [0.25, 0.3) is 0 Å². The van der Waals surface area contributed by atoms with Crippen molar-refractivity contribution in [2.45, 2.75) is 36.7 Å². The van der Waals surface area contributed by atoms with Crippen molar-refractivity contribution < 1.29 is 21.9 Å². The lowest BCUT2D eigenvalue weighted by Crippen LogP contribution is -2.51. The van der Waals surface area contributed by atoms with Crippen molar-refractivity contribution in [1.82, 2.24) is 9.03 Å². The Bertz CT molecular complexity index is 1280. The first-order valence-corrected chi connectivity index (χ1v) is 14.7. The second-order valence-electron chi connectivity index (χ2n) is 8.68. The Morgan fingerprint density at radius 1 is 0.800 bits per heavy atom. The predicted molar refractivity (Wildman–Crippen MR) is 138 cm³/mol. The molecule has 188 valence electrons. The van der Waals surface area contributed by atoms with Gasteiger partial charge < -0.3 is 5.11 Å². The van der Waals surface area contributed by atoms with Crippen LogP contribution >= 0.6 is 0 Å². The molecule has 35 heavy (non-hydrogen) atoms. The summed E-state index contributed by atoms with van der Waals surface area (Å²) in [7, 11) is -7.68. The Kier molecular flexibility index (Phi) is 9.21. The fourth-order valence-corrected chi connectivity index (χ4v) is 6.32. The number of aliphatic hydroxyl groups is 1. The van der Waals surface area contributed by atoms with Gasteiger partial charge in [0.1, 0.15) is 0 Å². The number of hydrogen-bond donors (Lipinski definition) is 2. The summed E-state index contributed by atoms with van der Waals surface area (Å²) in [5, 5.41) is 10.1. The number of nitrogens with zero attached hydrogens (tertiary/aromatic N) is 1. The van der Waals surface area contributed by atoms with E-state index in [1.807, 2.05) is 67.6 Å². The summed E-state index contributed by atoms with van der Waals surface area (Å²) in [5.74, 6) is 0. The van der Waals surface area contributed by atoms with Gasteiger partial charge in [-0.1, -0.05) is 78.4 Å². The van der Waals surface area contributed by atoms with Crippen LogP contribution in [-0.4, -0.2) is 57.7 Å². The zero-order chi connectivity index (χ0) is 25.5. The van der Waals surface area contributed by atoms with Gasteiger partial charge in [-0.05, 0) is 43.0 Å². The maximum atomic E-state index is 13.2. The lowest BCUT2D eigenvalue weighted by molar-refractivity contribution is 0.180. The van der Waals surface area contributed by atoms with E-state index in [1.165, 1.54) is 16.4 Å². The summed E-state index contributed by atoms with van der Waals surface area (Å²) in [5.41, 5.74) is 2.67. The zero-order valence-electron chi connectivity index (χ0n) is 19.9. The van der Waals surface area contributed by atoms with Gasteiger partial charge >= 0.3 is 0 Å². The Labute approximate surface area is 208 Å². The fourth-order valence-electron chi connectivity index (χ4n) is 3.96. The average molecular weight is 517 g/mol. The van der Waals surface area contributed by atoms with Crippen molar-refractivity contribution in [1.29, 1.82) is 0 Å². The first kappa shape index (κ1) is 27.0. The summed E-state index contributed by atoms with van der Waals surface area (Å²) in [6.07, 6.45) is 1.66. The molecule has 3 aromatic rings. The van der Waals surface area contributed by atoms with Crippen LogP contribution in [-0.2, 0) is 32.9 Å². The maximum absolute atomic E-state index is 13.2. The summed E-state index contributed by atoms with van der Waals surface area (Å²) in [4.78, 5) is 0.107. The van der Waals surface area contributed by atoms with Gasteiger partial charge in [-0.15, -0.1) is 0 Å². The van der Waals surface area contributed by atoms with E-state index in [-0.39, 0.29) is 17.9 Å². The monoisotopic (exact) mass is 516 g/mol. The quantitative estimate of drug-likeness (QED) is 0.385. The Hall–Kier alpha value is -2.56. The second kappa shape index (κ2) is 11.9. The molecule has 3 rings (SSSR count). The Balaban J connectivity index is 1.92. The first-order chi connectivity index (χ1) is 16.6. The third kappa shape index (κ3) is 7.98. The van der Waals surface area contributed by atoms with Gasteiger partial charge in [0, 0.05) is 12.6 Å². The molecule has 0 aliphatic carbocycles. The summed E-state index contributed by atoms with van der Waals surface area (Å²) in [6.45, 7) is 1.34. The first-order valence-electron chi connectivity index (χ1n) is 11.3. The molecule has 0 bridgehead atoms. The van der Waals surface area contributed by atoms with Crippen LogP contribution in [0.5, 0.6) is 0 Å². The maximum Gasteiger partial charge on any atom is 0.240 e. The van der Waals surface area contributed by atoms with Crippen LogP contribution in [0, 0.1) is 6.92 Å². The van der Waals surface area contributed by atoms with Gasteiger partial charge in [0.2, 0.25) is 20.0 Å². The minimum Gasteiger partial charge on any atom is -0.395 e. The highest BCUT2D eigenvalue weighted by molar-refractivity contribution is 7.89. The summed E-state index contributed by atoms with van der Waals surface area (Å²) < 4.78 is 55.9. The van der Waals surface area contributed by atoms with Crippen LogP contribution in [0.3, 0.4) is 0 Å². The summed E-state index contributed by atoms with van der Waals surface area (Å²) >= 11 is 0. The second-order valence-corrected chi connectivity index (χ2v) is 12.3. The lowest BCUT2D eigenvalue weighted by atomic mass is 10.0. The summed E-state index contributed by atoms with van der Waals surface area (Å²) in [6, 6.07) is 23.6. The van der Waals surface area contributed by atoms with Gasteiger partial charge in [-0.3, -0.25) is 0 Å². The fraction of sp³-hybridized carbons (Fsp3) is 0.308. The Morgan fingerprint density at radius 2 is 1.31 bits per heavy atom. The van der Waals surface area contributed by atoms with Crippen LogP contribution in [0.2, 0.25) is 0 Å². The molecule has 0 fully saturated rings. The standard InChI is InChI=1S/C26H32N2O5S2/c1-21-13-15-26(16-14-21)35(32,33)27-24(17-22-9-5-3-6-10-22)19-28(34(2,30)31)25(20-29)18-23-11-7-4-8-12-23/h3-16,24-25,27,29H,17-20H2,1-2H3/t24-,25-/m0/s1. The third-order valence-electron chi connectivity index (χ3n) is 5.74. The highest BCUT2D eigenvalue weighted by Gasteiger charge is 2.31. The molecule has 0 unspecified atom stereocenters. The molecule has 0 radical (unpaired) electrons. The van der Waals surface area contributed by atoms with E-state index in [0.29, 0.717) is 6.42 Å². The van der Waals surface area contributed by atoms with Gasteiger partial charge in [-0.25, -0.2) is 21.6 Å². The number of benzene rings is 3. The SMILES string of the molecule is Cc1ccc(S(=O)(=O)N[C@@H](Cc2ccccc2)CN([C@H](CO)Cc2ccccc2)S(C)(=O)=O)cc1. The smallest absolute Gasteiger partial charge is 0.240 e. The van der Waals surface area contributed by atoms with E-state index < -0.39 is 38.7 Å². The van der Waals surface area contributed by atoms with Gasteiger partial charge in [0.25, 0.3) is 0 Å². The van der Waals surface area contributed by atoms with E-state index in [2.05, 4.69) is 4.72 Å². The molecule has 2 N–H and O–H groups in total. The van der Waals surface area contributed by atoms with E-state index in [4.69, 9.17) is 0 Å². The molecule has 0 spiro atoms. The minimum atomic E-state index is -3.91. The molecular formula is C26H32N2O5S2. The molecule has 3 aromatic carbocycles. The van der Waals surface area contributed by atoms with E-state index in [0.717, 1.165) is 22.9 Å². The molecule has 0 aromatic heterocycles. The van der Waals surface area contributed by atoms with E-state index in [9.17, 15) is 21.9 Å². The van der Waals surface area contributed by atoms with Crippen molar-refractivity contribution in [3.63, 3.8) is 0 Å². The van der Waals surface area contributed by atoms with Gasteiger partial charge in [-0.2, -0.15) is 4.31 Å². The van der Waals surface area contributed by atoms with Crippen LogP contribution in [0.1, 0.15) is 16.7 Å². The number of hydrogen-bond acceptors (Lipinski definition) is 5. The highest BCUT2D eigenvalue weighted by atomic mass is 32.2. The molecular weight excluding hydrogens is 484 g/mol. The number of aryl methyl sites for hydroxylation is 1. The third-order valence-corrected chi connectivity index (χ3v) is 8.57. The molecule has 9 heteroatoms. The van der Waals surface area contributed by atoms with Crippen LogP contribution in [0.15, 0.2) is 89.8 Å². The average Bonchev–Trinajstić information content (AvgIpc) is 2.82. The molecule has 2 atom stereocenters. The van der Waals surface area contributed by atoms with E-state index in [1.54, 1.807) is 12.1 Å². The molecule has 0 amide bonds. The predicted octanol–water partition coefficient (Wildman–Crippen LogP) is 2.75. The number of aliphatic hydroxyl groups excluding tert-OH is 1. The Morgan fingerprint density at radius 3 is 1.80 bits per heavy atom. The zero-order valence-corrected chi connectivity index (χ0v) is 21.5. The van der Waals surface area contributed by atoms with Gasteiger partial charge in [0.05, 0.1) is 23.8 Å². The molecule has 0 heterocycles. The molecule has 7 nitrogen and oxygen atoms in total. The number of sulfonamides is 2. The van der Waals surface area contributed by atoms with Crippen LogP contribution in [0.4, 0.5) is 0 Å².